The molecule has 110 valence electrons. The zero-order valence-electron chi connectivity index (χ0n) is 11.5. The van der Waals surface area contributed by atoms with Gasteiger partial charge in [0.15, 0.2) is 6.73 Å². The van der Waals surface area contributed by atoms with Crippen LogP contribution in [0.15, 0.2) is 36.5 Å². The fourth-order valence-corrected chi connectivity index (χ4v) is 2.58. The summed E-state index contributed by atoms with van der Waals surface area (Å²) in [6.45, 7) is 1.79. The summed E-state index contributed by atoms with van der Waals surface area (Å²) in [6.07, 6.45) is 3.74. The molecule has 1 amide bonds. The van der Waals surface area contributed by atoms with Crippen LogP contribution in [0.25, 0.3) is 0 Å². The zero-order valence-corrected chi connectivity index (χ0v) is 12.3. The van der Waals surface area contributed by atoms with E-state index in [1.165, 1.54) is 0 Å². The molecular weight excluding hydrogens is 290 g/mol. The van der Waals surface area contributed by atoms with Crippen LogP contribution in [0.3, 0.4) is 0 Å². The van der Waals surface area contributed by atoms with Gasteiger partial charge in [-0.1, -0.05) is 23.7 Å². The summed E-state index contributed by atoms with van der Waals surface area (Å²) in [7, 11) is 0. The van der Waals surface area contributed by atoms with Crippen LogP contribution in [0.1, 0.15) is 23.3 Å². The molecule has 0 N–H and O–H groups in total. The maximum atomic E-state index is 12.4. The lowest BCUT2D eigenvalue weighted by Crippen LogP contribution is -2.30. The van der Waals surface area contributed by atoms with Gasteiger partial charge in [-0.15, -0.1) is 0 Å². The molecule has 0 saturated carbocycles. The molecule has 1 aromatic carbocycles. The Kier molecular flexibility index (Phi) is 4.10. The Morgan fingerprint density at radius 3 is 2.76 bits per heavy atom. The van der Waals surface area contributed by atoms with E-state index in [0.29, 0.717) is 16.5 Å². The molecule has 3 rings (SSSR count). The number of benzene rings is 1. The standard InChI is InChI=1S/C15H16ClN3O2/c16-12-5-1-2-6-14(12)21-11-19-13(7-8-17-19)15(20)18-9-3-4-10-18/h1-2,5-8H,3-4,9-11H2. The van der Waals surface area contributed by atoms with Gasteiger partial charge in [0.05, 0.1) is 5.02 Å². The lowest BCUT2D eigenvalue weighted by Gasteiger charge is -2.16. The van der Waals surface area contributed by atoms with Crippen molar-refractivity contribution in [1.29, 1.82) is 0 Å². The average Bonchev–Trinajstić information content (AvgIpc) is 3.17. The van der Waals surface area contributed by atoms with Gasteiger partial charge in [0, 0.05) is 19.3 Å². The van der Waals surface area contributed by atoms with Gasteiger partial charge in [0.1, 0.15) is 11.4 Å². The van der Waals surface area contributed by atoms with Crippen molar-refractivity contribution >= 4 is 17.5 Å². The van der Waals surface area contributed by atoms with E-state index in [9.17, 15) is 4.79 Å². The number of carbonyl (C=O) groups is 1. The molecule has 1 aliphatic rings. The molecule has 21 heavy (non-hydrogen) atoms. The number of aromatic nitrogens is 2. The van der Waals surface area contributed by atoms with E-state index >= 15 is 0 Å². The van der Waals surface area contributed by atoms with Crippen molar-refractivity contribution in [2.24, 2.45) is 0 Å². The molecule has 2 aromatic rings. The van der Waals surface area contributed by atoms with E-state index in [1.807, 2.05) is 17.0 Å². The number of amides is 1. The highest BCUT2D eigenvalue weighted by Crippen LogP contribution is 2.23. The van der Waals surface area contributed by atoms with Crippen molar-refractivity contribution in [1.82, 2.24) is 14.7 Å². The minimum absolute atomic E-state index is 0.00718. The number of halogens is 1. The van der Waals surface area contributed by atoms with Gasteiger partial charge in [0.25, 0.3) is 5.91 Å². The smallest absolute Gasteiger partial charge is 0.272 e. The SMILES string of the molecule is O=C(c1ccnn1COc1ccccc1Cl)N1CCCC1. The molecule has 2 heterocycles. The number of para-hydroxylation sites is 1. The molecule has 1 fully saturated rings. The molecule has 0 atom stereocenters. The maximum absolute atomic E-state index is 12.4. The Bertz CT molecular complexity index is 635. The van der Waals surface area contributed by atoms with Gasteiger partial charge >= 0.3 is 0 Å². The number of carbonyl (C=O) groups excluding carboxylic acids is 1. The highest BCUT2D eigenvalue weighted by atomic mass is 35.5. The van der Waals surface area contributed by atoms with Gasteiger partial charge in [-0.2, -0.15) is 5.10 Å². The molecule has 6 heteroatoms. The Balaban J connectivity index is 1.71. The lowest BCUT2D eigenvalue weighted by molar-refractivity contribution is 0.0770. The second-order valence-electron chi connectivity index (χ2n) is 4.92. The second kappa shape index (κ2) is 6.18. The Hall–Kier alpha value is -2.01. The van der Waals surface area contributed by atoms with Gasteiger partial charge in [-0.05, 0) is 31.0 Å². The molecule has 0 unspecified atom stereocenters. The topological polar surface area (TPSA) is 47.4 Å². The summed E-state index contributed by atoms with van der Waals surface area (Å²) >= 11 is 6.04. The van der Waals surface area contributed by atoms with Gasteiger partial charge < -0.3 is 9.64 Å². The number of hydrogen-bond acceptors (Lipinski definition) is 3. The van der Waals surface area contributed by atoms with Crippen LogP contribution in [0, 0.1) is 0 Å². The first-order valence-corrected chi connectivity index (χ1v) is 7.32. The van der Waals surface area contributed by atoms with Crippen LogP contribution >= 0.6 is 11.6 Å². The molecule has 5 nitrogen and oxygen atoms in total. The van der Waals surface area contributed by atoms with E-state index in [2.05, 4.69) is 5.10 Å². The minimum atomic E-state index is 0.00718. The van der Waals surface area contributed by atoms with Crippen LogP contribution in [0.5, 0.6) is 5.75 Å². The third-order valence-corrected chi connectivity index (χ3v) is 3.82. The predicted molar refractivity (Wildman–Crippen MR) is 79.4 cm³/mol. The van der Waals surface area contributed by atoms with Crippen LogP contribution in [0.4, 0.5) is 0 Å². The van der Waals surface area contributed by atoms with E-state index < -0.39 is 0 Å². The average molecular weight is 306 g/mol. The fraction of sp³-hybridized carbons (Fsp3) is 0.333. The monoisotopic (exact) mass is 305 g/mol. The summed E-state index contributed by atoms with van der Waals surface area (Å²) in [4.78, 5) is 14.2. The van der Waals surface area contributed by atoms with Crippen LogP contribution in [-0.4, -0.2) is 33.7 Å². The molecule has 1 saturated heterocycles. The van der Waals surface area contributed by atoms with Crippen molar-refractivity contribution in [2.75, 3.05) is 13.1 Å². The van der Waals surface area contributed by atoms with Crippen molar-refractivity contribution in [2.45, 2.75) is 19.6 Å². The zero-order chi connectivity index (χ0) is 14.7. The first-order chi connectivity index (χ1) is 10.3. The quantitative estimate of drug-likeness (QED) is 0.872. The number of ether oxygens (including phenoxy) is 1. The van der Waals surface area contributed by atoms with Gasteiger partial charge in [0.2, 0.25) is 0 Å². The predicted octanol–water partition coefficient (Wildman–Crippen LogP) is 2.81. The normalized spacial score (nSPS) is 14.4. The molecule has 0 spiro atoms. The third kappa shape index (κ3) is 3.03. The van der Waals surface area contributed by atoms with Crippen LogP contribution in [0.2, 0.25) is 5.02 Å². The van der Waals surface area contributed by atoms with Crippen molar-refractivity contribution in [3.8, 4) is 5.75 Å². The van der Waals surface area contributed by atoms with E-state index in [1.54, 1.807) is 29.1 Å². The van der Waals surface area contributed by atoms with Crippen molar-refractivity contribution in [3.05, 3.63) is 47.2 Å². The summed E-state index contributed by atoms with van der Waals surface area (Å²) in [5.41, 5.74) is 0.545. The lowest BCUT2D eigenvalue weighted by atomic mass is 10.3. The molecular formula is C15H16ClN3O2. The number of hydrogen-bond donors (Lipinski definition) is 0. The first-order valence-electron chi connectivity index (χ1n) is 6.94. The number of rotatable bonds is 4. The Labute approximate surface area is 128 Å². The fourth-order valence-electron chi connectivity index (χ4n) is 2.39. The maximum Gasteiger partial charge on any atom is 0.272 e. The highest BCUT2D eigenvalue weighted by molar-refractivity contribution is 6.32. The van der Waals surface area contributed by atoms with Crippen LogP contribution < -0.4 is 4.74 Å². The van der Waals surface area contributed by atoms with Gasteiger partial charge in [-0.25, -0.2) is 4.68 Å². The molecule has 1 aliphatic heterocycles. The van der Waals surface area contributed by atoms with E-state index in [0.717, 1.165) is 25.9 Å². The van der Waals surface area contributed by atoms with Crippen molar-refractivity contribution < 1.29 is 9.53 Å². The summed E-state index contributed by atoms with van der Waals surface area (Å²) in [6, 6.07) is 8.95. The number of likely N-dealkylation sites (tertiary alicyclic amines) is 1. The summed E-state index contributed by atoms with van der Waals surface area (Å²) in [5, 5.41) is 4.69. The summed E-state index contributed by atoms with van der Waals surface area (Å²) in [5.74, 6) is 0.585. The van der Waals surface area contributed by atoms with Crippen molar-refractivity contribution in [3.63, 3.8) is 0 Å². The van der Waals surface area contributed by atoms with E-state index in [4.69, 9.17) is 16.3 Å². The first kappa shape index (κ1) is 13.9. The van der Waals surface area contributed by atoms with Crippen LogP contribution in [-0.2, 0) is 6.73 Å². The molecule has 0 radical (unpaired) electrons. The molecule has 1 aromatic heterocycles. The summed E-state index contributed by atoms with van der Waals surface area (Å²) < 4.78 is 7.19. The largest absolute Gasteiger partial charge is 0.470 e. The number of nitrogens with zero attached hydrogens (tertiary/aromatic N) is 3. The molecule has 0 aliphatic carbocycles. The van der Waals surface area contributed by atoms with Gasteiger partial charge in [-0.3, -0.25) is 4.79 Å². The Morgan fingerprint density at radius 2 is 2.00 bits per heavy atom. The second-order valence-corrected chi connectivity index (χ2v) is 5.33. The minimum Gasteiger partial charge on any atom is -0.470 e. The van der Waals surface area contributed by atoms with E-state index in [-0.39, 0.29) is 12.6 Å². The highest BCUT2D eigenvalue weighted by Gasteiger charge is 2.22. The molecule has 0 bridgehead atoms. The third-order valence-electron chi connectivity index (χ3n) is 3.51. The Morgan fingerprint density at radius 1 is 1.24 bits per heavy atom.